The van der Waals surface area contributed by atoms with Crippen LogP contribution in [0, 0.1) is 11.8 Å². The maximum absolute atomic E-state index is 10.00. The van der Waals surface area contributed by atoms with Crippen molar-refractivity contribution in [2.24, 2.45) is 11.8 Å². The Kier molecular flexibility index (Phi) is 3.13. The lowest BCUT2D eigenvalue weighted by Gasteiger charge is -2.28. The molecule has 0 aliphatic heterocycles. The quantitative estimate of drug-likeness (QED) is 0.709. The first-order valence-electron chi connectivity index (χ1n) is 6.11. The zero-order valence-electron chi connectivity index (χ0n) is 9.37. The Hall–Kier alpha value is -0.0800. The third-order valence-corrected chi connectivity index (χ3v) is 3.76. The van der Waals surface area contributed by atoms with Crippen LogP contribution in [0.25, 0.3) is 0 Å². The Balaban J connectivity index is 1.86. The lowest BCUT2D eigenvalue weighted by atomic mass is 9.94. The van der Waals surface area contributed by atoms with Gasteiger partial charge < -0.3 is 10.4 Å². The van der Waals surface area contributed by atoms with Gasteiger partial charge in [0.25, 0.3) is 0 Å². The largest absolute Gasteiger partial charge is 0.392 e. The molecule has 0 unspecified atom stereocenters. The minimum absolute atomic E-state index is 0.112. The number of aliphatic hydroxyl groups is 1. The highest BCUT2D eigenvalue weighted by Crippen LogP contribution is 2.47. The van der Waals surface area contributed by atoms with Crippen LogP contribution < -0.4 is 5.32 Å². The van der Waals surface area contributed by atoms with Crippen LogP contribution in [0.4, 0.5) is 0 Å². The van der Waals surface area contributed by atoms with Gasteiger partial charge in [0, 0.05) is 12.1 Å². The SMILES string of the molecule is CC(C)N[C@@H]1CC[C@@H]2C[C@@H]2CC[C@@H]1O. The molecule has 0 bridgehead atoms. The summed E-state index contributed by atoms with van der Waals surface area (Å²) >= 11 is 0. The van der Waals surface area contributed by atoms with Crippen LogP contribution in [0.2, 0.25) is 0 Å². The molecule has 2 fully saturated rings. The smallest absolute Gasteiger partial charge is 0.0693 e. The Morgan fingerprint density at radius 3 is 2.36 bits per heavy atom. The van der Waals surface area contributed by atoms with E-state index in [9.17, 15) is 5.11 Å². The molecule has 0 spiro atoms. The van der Waals surface area contributed by atoms with Gasteiger partial charge in [0.2, 0.25) is 0 Å². The van der Waals surface area contributed by atoms with E-state index in [-0.39, 0.29) is 6.10 Å². The lowest BCUT2D eigenvalue weighted by Crippen LogP contribution is -2.44. The Bertz CT molecular complexity index is 193. The molecule has 2 saturated carbocycles. The van der Waals surface area contributed by atoms with Crippen molar-refractivity contribution in [3.05, 3.63) is 0 Å². The summed E-state index contributed by atoms with van der Waals surface area (Å²) in [4.78, 5) is 0. The van der Waals surface area contributed by atoms with E-state index >= 15 is 0 Å². The van der Waals surface area contributed by atoms with Crippen molar-refractivity contribution in [2.75, 3.05) is 0 Å². The molecular formula is C12H23NO. The molecule has 2 N–H and O–H groups in total. The zero-order chi connectivity index (χ0) is 10.1. The van der Waals surface area contributed by atoms with Crippen molar-refractivity contribution in [3.8, 4) is 0 Å². The van der Waals surface area contributed by atoms with Gasteiger partial charge in [-0.1, -0.05) is 13.8 Å². The van der Waals surface area contributed by atoms with Crippen molar-refractivity contribution in [1.29, 1.82) is 0 Å². The Morgan fingerprint density at radius 2 is 1.71 bits per heavy atom. The molecule has 2 nitrogen and oxygen atoms in total. The summed E-state index contributed by atoms with van der Waals surface area (Å²) in [7, 11) is 0. The fourth-order valence-electron chi connectivity index (χ4n) is 2.81. The molecule has 0 radical (unpaired) electrons. The molecule has 2 aliphatic rings. The number of hydrogen-bond acceptors (Lipinski definition) is 2. The highest BCUT2D eigenvalue weighted by molar-refractivity contribution is 4.92. The highest BCUT2D eigenvalue weighted by Gasteiger charge is 2.39. The van der Waals surface area contributed by atoms with Crippen molar-refractivity contribution in [1.82, 2.24) is 5.32 Å². The van der Waals surface area contributed by atoms with E-state index < -0.39 is 0 Å². The molecule has 0 aromatic rings. The Morgan fingerprint density at radius 1 is 1.07 bits per heavy atom. The maximum atomic E-state index is 10.00. The van der Waals surface area contributed by atoms with Crippen molar-refractivity contribution < 1.29 is 5.11 Å². The van der Waals surface area contributed by atoms with Gasteiger partial charge in [-0.25, -0.2) is 0 Å². The van der Waals surface area contributed by atoms with E-state index in [1.807, 2.05) is 0 Å². The van der Waals surface area contributed by atoms with Gasteiger partial charge in [-0.2, -0.15) is 0 Å². The predicted molar refractivity (Wildman–Crippen MR) is 58.1 cm³/mol. The van der Waals surface area contributed by atoms with Crippen LogP contribution in [0.15, 0.2) is 0 Å². The van der Waals surface area contributed by atoms with E-state index in [2.05, 4.69) is 19.2 Å². The molecular weight excluding hydrogens is 174 g/mol. The first-order chi connectivity index (χ1) is 6.66. The summed E-state index contributed by atoms with van der Waals surface area (Å²) in [6.45, 7) is 4.32. The summed E-state index contributed by atoms with van der Waals surface area (Å²) < 4.78 is 0. The van der Waals surface area contributed by atoms with Gasteiger partial charge in [-0.3, -0.25) is 0 Å². The summed E-state index contributed by atoms with van der Waals surface area (Å²) in [6.07, 6.45) is 6.07. The fraction of sp³-hybridized carbons (Fsp3) is 1.00. The second kappa shape index (κ2) is 4.19. The van der Waals surface area contributed by atoms with Crippen LogP contribution in [-0.4, -0.2) is 23.3 Å². The molecule has 14 heavy (non-hydrogen) atoms. The van der Waals surface area contributed by atoms with Crippen LogP contribution in [-0.2, 0) is 0 Å². The molecule has 4 atom stereocenters. The number of aliphatic hydroxyl groups excluding tert-OH is 1. The second-order valence-electron chi connectivity index (χ2n) is 5.41. The minimum Gasteiger partial charge on any atom is -0.392 e. The molecule has 2 heteroatoms. The molecule has 2 aliphatic carbocycles. The minimum atomic E-state index is -0.112. The second-order valence-corrected chi connectivity index (χ2v) is 5.41. The van der Waals surface area contributed by atoms with Gasteiger partial charge >= 0.3 is 0 Å². The average molecular weight is 197 g/mol. The molecule has 0 aromatic heterocycles. The van der Waals surface area contributed by atoms with Gasteiger partial charge in [-0.05, 0) is 43.9 Å². The number of rotatable bonds is 2. The monoisotopic (exact) mass is 197 g/mol. The van der Waals surface area contributed by atoms with E-state index in [0.29, 0.717) is 12.1 Å². The van der Waals surface area contributed by atoms with Crippen molar-refractivity contribution in [3.63, 3.8) is 0 Å². The number of fused-ring (bicyclic) bond motifs is 1. The maximum Gasteiger partial charge on any atom is 0.0693 e. The standard InChI is InChI=1S/C12H23NO/c1-8(2)13-11-5-3-9-7-10(9)4-6-12(11)14/h8-14H,3-7H2,1-2H3/t9-,10+,11-,12+/m1/s1. The summed E-state index contributed by atoms with van der Waals surface area (Å²) in [6, 6.07) is 0.834. The van der Waals surface area contributed by atoms with Crippen molar-refractivity contribution >= 4 is 0 Å². The lowest BCUT2D eigenvalue weighted by molar-refractivity contribution is 0.0982. The normalized spacial score (nSPS) is 42.9. The third-order valence-electron chi connectivity index (χ3n) is 3.76. The topological polar surface area (TPSA) is 32.3 Å². The van der Waals surface area contributed by atoms with Gasteiger partial charge in [-0.15, -0.1) is 0 Å². The molecule has 82 valence electrons. The van der Waals surface area contributed by atoms with E-state index in [1.54, 1.807) is 0 Å². The average Bonchev–Trinajstić information content (AvgIpc) is 2.84. The van der Waals surface area contributed by atoms with E-state index in [0.717, 1.165) is 18.3 Å². The molecule has 2 rings (SSSR count). The van der Waals surface area contributed by atoms with Gasteiger partial charge in [0.05, 0.1) is 6.10 Å². The third kappa shape index (κ3) is 2.48. The first kappa shape index (κ1) is 10.4. The molecule has 0 aromatic carbocycles. The van der Waals surface area contributed by atoms with Crippen molar-refractivity contribution in [2.45, 2.75) is 64.1 Å². The van der Waals surface area contributed by atoms with Crippen LogP contribution in [0.5, 0.6) is 0 Å². The fourth-order valence-corrected chi connectivity index (χ4v) is 2.81. The van der Waals surface area contributed by atoms with Crippen LogP contribution >= 0.6 is 0 Å². The zero-order valence-corrected chi connectivity index (χ0v) is 9.37. The van der Waals surface area contributed by atoms with Gasteiger partial charge in [0.1, 0.15) is 0 Å². The van der Waals surface area contributed by atoms with E-state index in [4.69, 9.17) is 0 Å². The molecule has 0 heterocycles. The summed E-state index contributed by atoms with van der Waals surface area (Å²) in [5.74, 6) is 1.96. The highest BCUT2D eigenvalue weighted by atomic mass is 16.3. The Labute approximate surface area is 87.1 Å². The van der Waals surface area contributed by atoms with Crippen LogP contribution in [0.3, 0.4) is 0 Å². The summed E-state index contributed by atoms with van der Waals surface area (Å²) in [5.41, 5.74) is 0. The van der Waals surface area contributed by atoms with E-state index in [1.165, 1.54) is 25.7 Å². The molecule has 0 amide bonds. The predicted octanol–water partition coefficient (Wildman–Crippen LogP) is 1.92. The number of nitrogens with one attached hydrogen (secondary N) is 1. The summed E-state index contributed by atoms with van der Waals surface area (Å²) in [5, 5.41) is 13.5. The first-order valence-corrected chi connectivity index (χ1v) is 6.11. The van der Waals surface area contributed by atoms with Gasteiger partial charge in [0.15, 0.2) is 0 Å². The van der Waals surface area contributed by atoms with Crippen LogP contribution in [0.1, 0.15) is 46.0 Å². The molecule has 0 saturated heterocycles. The number of hydrogen-bond donors (Lipinski definition) is 2.